The van der Waals surface area contributed by atoms with Crippen molar-refractivity contribution in [1.82, 2.24) is 0 Å². The van der Waals surface area contributed by atoms with Gasteiger partial charge < -0.3 is 11.1 Å². The molecule has 0 aliphatic rings. The first kappa shape index (κ1) is 13.0. The molecule has 5 heteroatoms. The normalized spacial score (nSPS) is 10.2. The summed E-state index contributed by atoms with van der Waals surface area (Å²) in [4.78, 5) is 11.7. The summed E-state index contributed by atoms with van der Waals surface area (Å²) < 4.78 is 25.9. The van der Waals surface area contributed by atoms with Crippen molar-refractivity contribution < 1.29 is 13.6 Å². The van der Waals surface area contributed by atoms with Crippen molar-refractivity contribution in [2.45, 2.75) is 6.42 Å². The summed E-state index contributed by atoms with van der Waals surface area (Å²) in [6.45, 7) is 0. The third-order valence-corrected chi connectivity index (χ3v) is 2.49. The van der Waals surface area contributed by atoms with Crippen LogP contribution in [0.1, 0.15) is 5.56 Å². The van der Waals surface area contributed by atoms with Crippen LogP contribution < -0.4 is 11.1 Å². The maximum Gasteiger partial charge on any atom is 0.228 e. The number of rotatable bonds is 3. The summed E-state index contributed by atoms with van der Waals surface area (Å²) >= 11 is 0. The Hall–Kier alpha value is -2.43. The summed E-state index contributed by atoms with van der Waals surface area (Å²) in [5.41, 5.74) is 7.00. The minimum absolute atomic E-state index is 0.0953. The Labute approximate surface area is 109 Å². The first-order valence-electron chi connectivity index (χ1n) is 5.63. The fourth-order valence-corrected chi connectivity index (χ4v) is 1.65. The van der Waals surface area contributed by atoms with Gasteiger partial charge in [0.1, 0.15) is 11.6 Å². The highest BCUT2D eigenvalue weighted by atomic mass is 19.1. The fraction of sp³-hybridized carbons (Fsp3) is 0.0714. The number of halogens is 2. The van der Waals surface area contributed by atoms with E-state index in [0.29, 0.717) is 5.69 Å². The van der Waals surface area contributed by atoms with Gasteiger partial charge in [-0.3, -0.25) is 4.79 Å². The van der Waals surface area contributed by atoms with E-state index in [1.54, 1.807) is 24.3 Å². The monoisotopic (exact) mass is 262 g/mol. The second kappa shape index (κ2) is 5.48. The van der Waals surface area contributed by atoms with Crippen molar-refractivity contribution in [2.75, 3.05) is 11.1 Å². The molecule has 98 valence electrons. The number of benzene rings is 2. The largest absolute Gasteiger partial charge is 0.399 e. The molecule has 0 atom stereocenters. The minimum Gasteiger partial charge on any atom is -0.399 e. The highest BCUT2D eigenvalue weighted by Crippen LogP contribution is 2.13. The third kappa shape index (κ3) is 3.77. The Morgan fingerprint density at radius 1 is 1.05 bits per heavy atom. The van der Waals surface area contributed by atoms with Gasteiger partial charge in [-0.25, -0.2) is 8.78 Å². The number of hydrogen-bond donors (Lipinski definition) is 2. The maximum atomic E-state index is 12.9. The molecule has 2 aromatic carbocycles. The molecule has 3 N–H and O–H groups in total. The van der Waals surface area contributed by atoms with E-state index in [1.165, 1.54) is 0 Å². The molecule has 19 heavy (non-hydrogen) atoms. The first-order chi connectivity index (χ1) is 9.02. The summed E-state index contributed by atoms with van der Waals surface area (Å²) in [5, 5.41) is 2.44. The van der Waals surface area contributed by atoms with E-state index in [0.717, 1.165) is 23.8 Å². The van der Waals surface area contributed by atoms with Crippen LogP contribution in [-0.2, 0) is 11.2 Å². The summed E-state index contributed by atoms with van der Waals surface area (Å²) in [7, 11) is 0. The molecule has 0 spiro atoms. The predicted molar refractivity (Wildman–Crippen MR) is 69.5 cm³/mol. The van der Waals surface area contributed by atoms with Crippen LogP contribution >= 0.6 is 0 Å². The third-order valence-electron chi connectivity index (χ3n) is 2.49. The van der Waals surface area contributed by atoms with E-state index in [1.807, 2.05) is 0 Å². The Morgan fingerprint density at radius 2 is 1.63 bits per heavy atom. The van der Waals surface area contributed by atoms with Crippen molar-refractivity contribution in [3.05, 3.63) is 59.7 Å². The molecule has 0 saturated heterocycles. The number of nitrogens with two attached hydrogens (primary N) is 1. The lowest BCUT2D eigenvalue weighted by atomic mass is 10.1. The summed E-state index contributed by atoms with van der Waals surface area (Å²) in [6.07, 6.45) is 0.110. The van der Waals surface area contributed by atoms with Gasteiger partial charge in [0.15, 0.2) is 0 Å². The molecule has 2 rings (SSSR count). The van der Waals surface area contributed by atoms with Gasteiger partial charge in [-0.2, -0.15) is 0 Å². The molecule has 1 amide bonds. The lowest BCUT2D eigenvalue weighted by Gasteiger charge is -2.06. The Bertz CT molecular complexity index is 577. The molecular weight excluding hydrogens is 250 g/mol. The zero-order valence-electron chi connectivity index (χ0n) is 9.99. The lowest BCUT2D eigenvalue weighted by Crippen LogP contribution is -2.14. The zero-order valence-corrected chi connectivity index (χ0v) is 9.99. The molecule has 0 aromatic heterocycles. The van der Waals surface area contributed by atoms with Crippen molar-refractivity contribution in [3.63, 3.8) is 0 Å². The van der Waals surface area contributed by atoms with Crippen molar-refractivity contribution in [1.29, 1.82) is 0 Å². The molecule has 3 nitrogen and oxygen atoms in total. The molecule has 0 saturated carbocycles. The minimum atomic E-state index is -0.734. The highest BCUT2D eigenvalue weighted by Gasteiger charge is 2.06. The molecule has 0 radical (unpaired) electrons. The van der Waals surface area contributed by atoms with Crippen LogP contribution in [0, 0.1) is 11.6 Å². The predicted octanol–water partition coefficient (Wildman–Crippen LogP) is 2.73. The van der Waals surface area contributed by atoms with Gasteiger partial charge in [0.25, 0.3) is 0 Å². The number of hydrogen-bond acceptors (Lipinski definition) is 2. The Kier molecular flexibility index (Phi) is 3.75. The molecular formula is C14H12F2N2O. The number of nitrogen functional groups attached to an aromatic ring is 1. The van der Waals surface area contributed by atoms with Crippen LogP contribution in [0.5, 0.6) is 0 Å². The van der Waals surface area contributed by atoms with Gasteiger partial charge in [0.05, 0.1) is 6.42 Å². The SMILES string of the molecule is Nc1ccc(CC(=O)Nc2cc(F)cc(F)c2)cc1. The molecule has 0 aliphatic carbocycles. The Balaban J connectivity index is 2.03. The first-order valence-corrected chi connectivity index (χ1v) is 5.63. The zero-order chi connectivity index (χ0) is 13.8. The van der Waals surface area contributed by atoms with E-state index >= 15 is 0 Å². The number of amides is 1. The highest BCUT2D eigenvalue weighted by molar-refractivity contribution is 5.92. The Morgan fingerprint density at radius 3 is 2.21 bits per heavy atom. The molecule has 0 fully saturated rings. The number of carbonyl (C=O) groups is 1. The van der Waals surface area contributed by atoms with Crippen LogP contribution in [0.4, 0.5) is 20.2 Å². The summed E-state index contributed by atoms with van der Waals surface area (Å²) in [5.74, 6) is -1.82. The number of nitrogens with one attached hydrogen (secondary N) is 1. The number of carbonyl (C=O) groups excluding carboxylic acids is 1. The molecule has 0 unspecified atom stereocenters. The van der Waals surface area contributed by atoms with Crippen molar-refractivity contribution in [2.24, 2.45) is 0 Å². The topological polar surface area (TPSA) is 55.1 Å². The summed E-state index contributed by atoms with van der Waals surface area (Å²) in [6, 6.07) is 9.68. The van der Waals surface area contributed by atoms with Crippen LogP contribution in [0.3, 0.4) is 0 Å². The van der Waals surface area contributed by atoms with Crippen LogP contribution in [-0.4, -0.2) is 5.91 Å². The van der Waals surface area contributed by atoms with E-state index in [9.17, 15) is 13.6 Å². The van der Waals surface area contributed by atoms with E-state index in [2.05, 4.69) is 5.32 Å². The van der Waals surface area contributed by atoms with Gasteiger partial charge in [-0.1, -0.05) is 12.1 Å². The van der Waals surface area contributed by atoms with Gasteiger partial charge in [-0.15, -0.1) is 0 Å². The van der Waals surface area contributed by atoms with E-state index in [4.69, 9.17) is 5.73 Å². The average molecular weight is 262 g/mol. The molecule has 0 heterocycles. The second-order valence-electron chi connectivity index (χ2n) is 4.12. The van der Waals surface area contributed by atoms with Crippen LogP contribution in [0.2, 0.25) is 0 Å². The molecule has 2 aromatic rings. The molecule has 0 aliphatic heterocycles. The van der Waals surface area contributed by atoms with Crippen molar-refractivity contribution >= 4 is 17.3 Å². The van der Waals surface area contributed by atoms with Gasteiger partial charge in [-0.05, 0) is 29.8 Å². The average Bonchev–Trinajstić information content (AvgIpc) is 2.30. The quantitative estimate of drug-likeness (QED) is 0.836. The van der Waals surface area contributed by atoms with Crippen molar-refractivity contribution in [3.8, 4) is 0 Å². The van der Waals surface area contributed by atoms with E-state index in [-0.39, 0.29) is 18.0 Å². The number of anilines is 2. The van der Waals surface area contributed by atoms with E-state index < -0.39 is 11.6 Å². The van der Waals surface area contributed by atoms with Gasteiger partial charge in [0.2, 0.25) is 5.91 Å². The van der Waals surface area contributed by atoms with Crippen LogP contribution in [0.15, 0.2) is 42.5 Å². The smallest absolute Gasteiger partial charge is 0.228 e. The maximum absolute atomic E-state index is 12.9. The van der Waals surface area contributed by atoms with Gasteiger partial charge in [0, 0.05) is 17.4 Å². The lowest BCUT2D eigenvalue weighted by molar-refractivity contribution is -0.115. The second-order valence-corrected chi connectivity index (χ2v) is 4.12. The standard InChI is InChI=1S/C14H12F2N2O/c15-10-6-11(16)8-13(7-10)18-14(19)5-9-1-3-12(17)4-2-9/h1-4,6-8H,5,17H2,(H,18,19). The molecule has 0 bridgehead atoms. The fourth-order valence-electron chi connectivity index (χ4n) is 1.65. The van der Waals surface area contributed by atoms with Crippen LogP contribution in [0.25, 0.3) is 0 Å². The van der Waals surface area contributed by atoms with Gasteiger partial charge >= 0.3 is 0 Å².